The Kier molecular flexibility index (Phi) is 4.60. The third kappa shape index (κ3) is 3.29. The summed E-state index contributed by atoms with van der Waals surface area (Å²) >= 11 is 1.48. The molecule has 4 aromatic rings. The molecule has 3 heterocycles. The Labute approximate surface area is 181 Å². The van der Waals surface area contributed by atoms with Gasteiger partial charge in [-0.3, -0.25) is 9.59 Å². The SMILES string of the molecule is O=C(C1=C(O)C(=O)N(Cc2cccs2)C1c1ccc(O)cc1)c1cc2ccccc2o1. The van der Waals surface area contributed by atoms with Crippen molar-refractivity contribution in [2.24, 2.45) is 0 Å². The Bertz CT molecular complexity index is 1280. The number of carbonyl (C=O) groups is 2. The maximum atomic E-state index is 13.4. The molecular formula is C24H17NO5S. The molecule has 0 saturated carbocycles. The molecule has 5 rings (SSSR count). The number of aromatic hydroxyl groups is 1. The number of phenolic OH excluding ortho intramolecular Hbond substituents is 1. The van der Waals surface area contributed by atoms with Crippen LogP contribution in [-0.2, 0) is 11.3 Å². The highest BCUT2D eigenvalue weighted by molar-refractivity contribution is 7.09. The summed E-state index contributed by atoms with van der Waals surface area (Å²) in [6.07, 6.45) is 0. The van der Waals surface area contributed by atoms with Gasteiger partial charge in [0.2, 0.25) is 5.78 Å². The molecule has 2 aromatic heterocycles. The number of amides is 1. The number of rotatable bonds is 5. The zero-order valence-corrected chi connectivity index (χ0v) is 17.0. The largest absolute Gasteiger partial charge is 0.508 e. The third-order valence-corrected chi connectivity index (χ3v) is 6.17. The predicted molar refractivity (Wildman–Crippen MR) is 116 cm³/mol. The van der Waals surface area contributed by atoms with E-state index in [1.807, 2.05) is 29.6 Å². The van der Waals surface area contributed by atoms with Gasteiger partial charge in [0, 0.05) is 10.3 Å². The lowest BCUT2D eigenvalue weighted by atomic mass is 9.95. The van der Waals surface area contributed by atoms with Crippen LogP contribution >= 0.6 is 11.3 Å². The van der Waals surface area contributed by atoms with Crippen molar-refractivity contribution in [1.29, 1.82) is 0 Å². The minimum Gasteiger partial charge on any atom is -0.508 e. The first-order valence-corrected chi connectivity index (χ1v) is 10.5. The minimum atomic E-state index is -0.809. The highest BCUT2D eigenvalue weighted by atomic mass is 32.1. The summed E-state index contributed by atoms with van der Waals surface area (Å²) in [5.41, 5.74) is 1.12. The van der Waals surface area contributed by atoms with Gasteiger partial charge in [-0.2, -0.15) is 0 Å². The van der Waals surface area contributed by atoms with Crippen LogP contribution in [0.25, 0.3) is 11.0 Å². The first-order chi connectivity index (χ1) is 15.0. The van der Waals surface area contributed by atoms with E-state index in [9.17, 15) is 19.8 Å². The molecule has 0 aliphatic carbocycles. The summed E-state index contributed by atoms with van der Waals surface area (Å²) in [6.45, 7) is 0.239. The number of fused-ring (bicyclic) bond motifs is 1. The number of nitrogens with zero attached hydrogens (tertiary/aromatic N) is 1. The fraction of sp³-hybridized carbons (Fsp3) is 0.0833. The van der Waals surface area contributed by atoms with Gasteiger partial charge in [-0.05, 0) is 41.3 Å². The van der Waals surface area contributed by atoms with Gasteiger partial charge in [-0.15, -0.1) is 11.3 Å². The molecule has 2 N–H and O–H groups in total. The van der Waals surface area contributed by atoms with E-state index in [2.05, 4.69) is 0 Å². The van der Waals surface area contributed by atoms with E-state index in [4.69, 9.17) is 4.42 Å². The average Bonchev–Trinajstić information content (AvgIpc) is 3.49. The summed E-state index contributed by atoms with van der Waals surface area (Å²) in [6, 6.07) is 18.0. The second kappa shape index (κ2) is 7.45. The summed E-state index contributed by atoms with van der Waals surface area (Å²) in [7, 11) is 0. The van der Waals surface area contributed by atoms with Crippen LogP contribution in [0.15, 0.2) is 87.9 Å². The molecule has 6 nitrogen and oxygen atoms in total. The molecule has 1 unspecified atom stereocenters. The number of aliphatic hydroxyl groups is 1. The molecule has 1 amide bonds. The number of para-hydroxylation sites is 1. The number of benzene rings is 2. The predicted octanol–water partition coefficient (Wildman–Crippen LogP) is 4.98. The van der Waals surface area contributed by atoms with Crippen LogP contribution < -0.4 is 0 Å². The Morgan fingerprint density at radius 3 is 2.52 bits per heavy atom. The van der Waals surface area contributed by atoms with E-state index in [1.165, 1.54) is 28.4 Å². The molecular weight excluding hydrogens is 414 g/mol. The van der Waals surface area contributed by atoms with Gasteiger partial charge in [0.05, 0.1) is 18.2 Å². The van der Waals surface area contributed by atoms with Crippen molar-refractivity contribution in [3.63, 3.8) is 0 Å². The van der Waals surface area contributed by atoms with Gasteiger partial charge in [0.15, 0.2) is 11.5 Å². The lowest BCUT2D eigenvalue weighted by Gasteiger charge is -2.26. The van der Waals surface area contributed by atoms with E-state index in [-0.39, 0.29) is 23.6 Å². The number of aliphatic hydroxyl groups excluding tert-OH is 1. The first-order valence-electron chi connectivity index (χ1n) is 9.61. The van der Waals surface area contributed by atoms with Crippen LogP contribution in [0, 0.1) is 0 Å². The summed E-state index contributed by atoms with van der Waals surface area (Å²) in [4.78, 5) is 28.8. The Balaban J connectivity index is 1.61. The first kappa shape index (κ1) is 19.1. The Morgan fingerprint density at radius 1 is 1.03 bits per heavy atom. The molecule has 1 atom stereocenters. The van der Waals surface area contributed by atoms with E-state index in [0.29, 0.717) is 11.1 Å². The number of hydrogen-bond donors (Lipinski definition) is 2. The minimum absolute atomic E-state index is 0.0358. The van der Waals surface area contributed by atoms with E-state index in [0.717, 1.165) is 10.3 Å². The number of furan rings is 1. The van der Waals surface area contributed by atoms with Gasteiger partial charge < -0.3 is 19.5 Å². The maximum absolute atomic E-state index is 13.4. The van der Waals surface area contributed by atoms with E-state index < -0.39 is 23.5 Å². The Morgan fingerprint density at radius 2 is 1.81 bits per heavy atom. The molecule has 31 heavy (non-hydrogen) atoms. The zero-order chi connectivity index (χ0) is 21.5. The van der Waals surface area contributed by atoms with Crippen molar-refractivity contribution in [2.75, 3.05) is 0 Å². The Hall–Kier alpha value is -3.84. The quantitative estimate of drug-likeness (QED) is 0.435. The number of hydrogen-bond acceptors (Lipinski definition) is 6. The topological polar surface area (TPSA) is 91.0 Å². The highest BCUT2D eigenvalue weighted by Gasteiger charge is 2.44. The molecule has 1 aliphatic rings. The van der Waals surface area contributed by atoms with Gasteiger partial charge >= 0.3 is 0 Å². The summed E-state index contributed by atoms with van der Waals surface area (Å²) < 4.78 is 5.71. The lowest BCUT2D eigenvalue weighted by Crippen LogP contribution is -2.30. The number of phenols is 1. The van der Waals surface area contributed by atoms with Crippen LogP contribution in [0.3, 0.4) is 0 Å². The van der Waals surface area contributed by atoms with E-state index >= 15 is 0 Å². The van der Waals surface area contributed by atoms with Crippen LogP contribution in [-0.4, -0.2) is 26.8 Å². The zero-order valence-electron chi connectivity index (χ0n) is 16.2. The molecule has 0 saturated heterocycles. The molecule has 0 bridgehead atoms. The average molecular weight is 431 g/mol. The number of ketones is 1. The molecule has 1 aliphatic heterocycles. The highest BCUT2D eigenvalue weighted by Crippen LogP contribution is 2.41. The van der Waals surface area contributed by atoms with Gasteiger partial charge in [-0.25, -0.2) is 0 Å². The van der Waals surface area contributed by atoms with Crippen molar-refractivity contribution >= 4 is 34.0 Å². The molecule has 0 spiro atoms. The standard InChI is InChI=1S/C24H17NO5S/c26-16-9-7-14(8-10-16)21-20(22(27)19-12-15-4-1-2-6-18(15)30-19)23(28)24(29)25(21)13-17-5-3-11-31-17/h1-12,21,26,28H,13H2. The summed E-state index contributed by atoms with van der Waals surface area (Å²) in [5.74, 6) is -1.63. The molecule has 0 radical (unpaired) electrons. The molecule has 0 fully saturated rings. The number of Topliss-reactive ketones (excluding diaryl/α,β-unsaturated/α-hetero) is 1. The van der Waals surface area contributed by atoms with E-state index in [1.54, 1.807) is 30.3 Å². The lowest BCUT2D eigenvalue weighted by molar-refractivity contribution is -0.130. The normalized spacial score (nSPS) is 16.5. The fourth-order valence-corrected chi connectivity index (χ4v) is 4.55. The van der Waals surface area contributed by atoms with Crippen LogP contribution in [0.2, 0.25) is 0 Å². The number of thiophene rings is 1. The smallest absolute Gasteiger partial charge is 0.290 e. The van der Waals surface area contributed by atoms with Crippen molar-refractivity contribution in [3.8, 4) is 5.75 Å². The molecule has 154 valence electrons. The maximum Gasteiger partial charge on any atom is 0.290 e. The fourth-order valence-electron chi connectivity index (χ4n) is 3.85. The number of carbonyl (C=O) groups excluding carboxylic acids is 2. The van der Waals surface area contributed by atoms with Crippen molar-refractivity contribution in [1.82, 2.24) is 4.90 Å². The van der Waals surface area contributed by atoms with Gasteiger partial charge in [0.1, 0.15) is 11.3 Å². The second-order valence-corrected chi connectivity index (χ2v) is 8.28. The van der Waals surface area contributed by atoms with Crippen molar-refractivity contribution in [2.45, 2.75) is 12.6 Å². The van der Waals surface area contributed by atoms with Gasteiger partial charge in [0.25, 0.3) is 5.91 Å². The van der Waals surface area contributed by atoms with Crippen LogP contribution in [0.4, 0.5) is 0 Å². The summed E-state index contributed by atoms with van der Waals surface area (Å²) in [5, 5.41) is 23.1. The van der Waals surface area contributed by atoms with Crippen LogP contribution in [0.5, 0.6) is 5.75 Å². The van der Waals surface area contributed by atoms with Gasteiger partial charge in [-0.1, -0.05) is 36.4 Å². The van der Waals surface area contributed by atoms with Crippen molar-refractivity contribution < 1.29 is 24.2 Å². The molecule has 7 heteroatoms. The van der Waals surface area contributed by atoms with Crippen molar-refractivity contribution in [3.05, 3.63) is 99.6 Å². The van der Waals surface area contributed by atoms with Crippen LogP contribution in [0.1, 0.15) is 27.0 Å². The monoisotopic (exact) mass is 431 g/mol. The molecule has 2 aromatic carbocycles. The second-order valence-electron chi connectivity index (χ2n) is 7.25. The third-order valence-electron chi connectivity index (χ3n) is 5.31.